The van der Waals surface area contributed by atoms with E-state index in [4.69, 9.17) is 14.2 Å². The molecule has 0 fully saturated rings. The average Bonchev–Trinajstić information content (AvgIpc) is 2.17. The molecule has 0 unspecified atom stereocenters. The topological polar surface area (TPSA) is 27.7 Å². The number of methoxy groups -OCH3 is 3. The summed E-state index contributed by atoms with van der Waals surface area (Å²) in [6, 6.07) is 3.58. The van der Waals surface area contributed by atoms with Crippen LogP contribution in [0.5, 0.6) is 17.2 Å². The van der Waals surface area contributed by atoms with Crippen LogP contribution in [0.15, 0.2) is 17.0 Å². The van der Waals surface area contributed by atoms with Crippen LogP contribution in [0.1, 0.15) is 0 Å². The van der Waals surface area contributed by atoms with Gasteiger partial charge in [0.2, 0.25) is 5.75 Å². The summed E-state index contributed by atoms with van der Waals surface area (Å²) in [7, 11) is 4.71. The number of hydrogen-bond acceptors (Lipinski definition) is 4. The standard InChI is InChI=1S/C9H12O3S/c1-10-6-4-5-7(13)9(12-3)8(6)11-2/h4-5,13H,1-3H3. The van der Waals surface area contributed by atoms with Crippen LogP contribution >= 0.6 is 12.6 Å². The van der Waals surface area contributed by atoms with Gasteiger partial charge in [-0.1, -0.05) is 0 Å². The summed E-state index contributed by atoms with van der Waals surface area (Å²) >= 11 is 4.23. The van der Waals surface area contributed by atoms with Gasteiger partial charge in [-0.05, 0) is 12.1 Å². The van der Waals surface area contributed by atoms with E-state index in [0.717, 1.165) is 4.90 Å². The highest BCUT2D eigenvalue weighted by Gasteiger charge is 2.12. The molecule has 1 rings (SSSR count). The summed E-state index contributed by atoms with van der Waals surface area (Å²) in [5, 5.41) is 0. The second kappa shape index (κ2) is 4.28. The molecular weight excluding hydrogens is 188 g/mol. The number of benzene rings is 1. The Balaban J connectivity index is 3.27. The van der Waals surface area contributed by atoms with E-state index in [-0.39, 0.29) is 0 Å². The fourth-order valence-electron chi connectivity index (χ4n) is 1.09. The lowest BCUT2D eigenvalue weighted by Crippen LogP contribution is -1.95. The van der Waals surface area contributed by atoms with Crippen LogP contribution in [0, 0.1) is 0 Å². The molecule has 0 aliphatic heterocycles. The van der Waals surface area contributed by atoms with Gasteiger partial charge >= 0.3 is 0 Å². The van der Waals surface area contributed by atoms with E-state index in [1.54, 1.807) is 33.5 Å². The molecule has 0 saturated heterocycles. The zero-order valence-corrected chi connectivity index (χ0v) is 8.72. The molecule has 0 radical (unpaired) electrons. The fraction of sp³-hybridized carbons (Fsp3) is 0.333. The van der Waals surface area contributed by atoms with Gasteiger partial charge < -0.3 is 14.2 Å². The third kappa shape index (κ3) is 1.83. The second-order valence-corrected chi connectivity index (χ2v) is 2.84. The molecule has 0 amide bonds. The van der Waals surface area contributed by atoms with Crippen molar-refractivity contribution >= 4 is 12.6 Å². The number of rotatable bonds is 3. The molecule has 3 nitrogen and oxygen atoms in total. The SMILES string of the molecule is COc1ccc(S)c(OC)c1OC. The molecule has 0 heterocycles. The maximum atomic E-state index is 5.14. The molecule has 0 aliphatic carbocycles. The maximum Gasteiger partial charge on any atom is 0.204 e. The van der Waals surface area contributed by atoms with Gasteiger partial charge in [0.05, 0.1) is 26.2 Å². The Morgan fingerprint density at radius 1 is 0.923 bits per heavy atom. The van der Waals surface area contributed by atoms with Gasteiger partial charge in [0.15, 0.2) is 11.5 Å². The minimum Gasteiger partial charge on any atom is -0.493 e. The first-order chi connectivity index (χ1) is 6.24. The molecule has 1 aromatic carbocycles. The van der Waals surface area contributed by atoms with E-state index in [9.17, 15) is 0 Å². The summed E-state index contributed by atoms with van der Waals surface area (Å²) < 4.78 is 15.4. The normalized spacial score (nSPS) is 9.54. The summed E-state index contributed by atoms with van der Waals surface area (Å²) in [5.74, 6) is 1.79. The van der Waals surface area contributed by atoms with Crippen molar-refractivity contribution in [1.29, 1.82) is 0 Å². The lowest BCUT2D eigenvalue weighted by atomic mass is 10.3. The molecule has 0 aliphatic rings. The average molecular weight is 200 g/mol. The van der Waals surface area contributed by atoms with Crippen LogP contribution in [-0.2, 0) is 0 Å². The van der Waals surface area contributed by atoms with Gasteiger partial charge in [0.1, 0.15) is 0 Å². The first kappa shape index (κ1) is 10.1. The smallest absolute Gasteiger partial charge is 0.204 e. The van der Waals surface area contributed by atoms with Gasteiger partial charge in [0, 0.05) is 0 Å². The number of thiol groups is 1. The predicted octanol–water partition coefficient (Wildman–Crippen LogP) is 2.00. The highest BCUT2D eigenvalue weighted by atomic mass is 32.1. The first-order valence-corrected chi connectivity index (χ1v) is 4.17. The van der Waals surface area contributed by atoms with Gasteiger partial charge in [-0.25, -0.2) is 0 Å². The van der Waals surface area contributed by atoms with Gasteiger partial charge in [-0.3, -0.25) is 0 Å². The van der Waals surface area contributed by atoms with Crippen molar-refractivity contribution in [3.63, 3.8) is 0 Å². The van der Waals surface area contributed by atoms with Crippen LogP contribution in [0.25, 0.3) is 0 Å². The van der Waals surface area contributed by atoms with Crippen molar-refractivity contribution in [2.45, 2.75) is 4.90 Å². The quantitative estimate of drug-likeness (QED) is 0.756. The molecule has 13 heavy (non-hydrogen) atoms. The third-order valence-corrected chi connectivity index (χ3v) is 2.04. The maximum absolute atomic E-state index is 5.14. The molecular formula is C9H12O3S. The molecule has 0 N–H and O–H groups in total. The fourth-order valence-corrected chi connectivity index (χ4v) is 1.35. The van der Waals surface area contributed by atoms with Crippen LogP contribution in [0.3, 0.4) is 0 Å². The Morgan fingerprint density at radius 2 is 1.54 bits per heavy atom. The van der Waals surface area contributed by atoms with Gasteiger partial charge in [-0.15, -0.1) is 12.6 Å². The third-order valence-electron chi connectivity index (χ3n) is 1.68. The Labute approximate surface area is 83.0 Å². The van der Waals surface area contributed by atoms with Crippen molar-refractivity contribution in [3.8, 4) is 17.2 Å². The second-order valence-electron chi connectivity index (χ2n) is 2.35. The van der Waals surface area contributed by atoms with E-state index in [2.05, 4.69) is 12.6 Å². The van der Waals surface area contributed by atoms with Gasteiger partial charge in [-0.2, -0.15) is 0 Å². The van der Waals surface area contributed by atoms with E-state index >= 15 is 0 Å². The monoisotopic (exact) mass is 200 g/mol. The lowest BCUT2D eigenvalue weighted by Gasteiger charge is -2.12. The van der Waals surface area contributed by atoms with Crippen molar-refractivity contribution in [3.05, 3.63) is 12.1 Å². The summed E-state index contributed by atoms with van der Waals surface area (Å²) in [6.45, 7) is 0. The zero-order chi connectivity index (χ0) is 9.84. The number of ether oxygens (including phenoxy) is 3. The Hall–Kier alpha value is -1.03. The molecule has 72 valence electrons. The largest absolute Gasteiger partial charge is 0.493 e. The minimum atomic E-state index is 0.567. The van der Waals surface area contributed by atoms with E-state index in [1.807, 2.05) is 0 Å². The lowest BCUT2D eigenvalue weighted by molar-refractivity contribution is 0.319. The molecule has 0 atom stereocenters. The summed E-state index contributed by atoms with van der Waals surface area (Å²) in [4.78, 5) is 0.722. The van der Waals surface area contributed by atoms with Crippen LogP contribution in [0.4, 0.5) is 0 Å². The zero-order valence-electron chi connectivity index (χ0n) is 7.83. The Bertz CT molecular complexity index is 299. The van der Waals surface area contributed by atoms with Crippen molar-refractivity contribution < 1.29 is 14.2 Å². The Kier molecular flexibility index (Phi) is 3.31. The van der Waals surface area contributed by atoms with E-state index in [0.29, 0.717) is 17.2 Å². The molecule has 0 aromatic heterocycles. The van der Waals surface area contributed by atoms with Crippen molar-refractivity contribution in [1.82, 2.24) is 0 Å². The molecule has 0 saturated carbocycles. The van der Waals surface area contributed by atoms with Crippen LogP contribution < -0.4 is 14.2 Å². The minimum absolute atomic E-state index is 0.567. The molecule has 0 bridgehead atoms. The van der Waals surface area contributed by atoms with Crippen LogP contribution in [-0.4, -0.2) is 21.3 Å². The van der Waals surface area contributed by atoms with Gasteiger partial charge in [0.25, 0.3) is 0 Å². The highest BCUT2D eigenvalue weighted by molar-refractivity contribution is 7.80. The van der Waals surface area contributed by atoms with Crippen molar-refractivity contribution in [2.24, 2.45) is 0 Å². The van der Waals surface area contributed by atoms with E-state index < -0.39 is 0 Å². The molecule has 1 aromatic rings. The predicted molar refractivity (Wildman–Crippen MR) is 53.4 cm³/mol. The van der Waals surface area contributed by atoms with E-state index in [1.165, 1.54) is 0 Å². The summed E-state index contributed by atoms with van der Waals surface area (Å²) in [6.07, 6.45) is 0. The summed E-state index contributed by atoms with van der Waals surface area (Å²) in [5.41, 5.74) is 0. The van der Waals surface area contributed by atoms with Crippen molar-refractivity contribution in [2.75, 3.05) is 21.3 Å². The highest BCUT2D eigenvalue weighted by Crippen LogP contribution is 2.40. The molecule has 4 heteroatoms. The number of hydrogen-bond donors (Lipinski definition) is 1. The Morgan fingerprint density at radius 3 is 2.00 bits per heavy atom. The molecule has 0 spiro atoms. The first-order valence-electron chi connectivity index (χ1n) is 3.72. The van der Waals surface area contributed by atoms with Crippen LogP contribution in [0.2, 0.25) is 0 Å².